The van der Waals surface area contributed by atoms with E-state index >= 15 is 0 Å². The van der Waals surface area contributed by atoms with Crippen molar-refractivity contribution < 1.29 is 4.79 Å². The van der Waals surface area contributed by atoms with Gasteiger partial charge in [-0.3, -0.25) is 4.79 Å². The van der Waals surface area contributed by atoms with Crippen LogP contribution in [0.2, 0.25) is 0 Å². The Morgan fingerprint density at radius 2 is 2.08 bits per heavy atom. The fourth-order valence-corrected chi connectivity index (χ4v) is 4.47. The second-order valence-electron chi connectivity index (χ2n) is 5.50. The third-order valence-corrected chi connectivity index (χ3v) is 5.06. The highest BCUT2D eigenvalue weighted by Gasteiger charge is 2.63. The summed E-state index contributed by atoms with van der Waals surface area (Å²) in [6.07, 6.45) is 7.62. The Balaban J connectivity index is 1.91. The standard InChI is InChI=1S/C12H18O/c1-12-7-6-10(13)11(12)8-4-2-3-5-9(8)12/h8-9,11H,2-7H2,1H3. The molecule has 3 fully saturated rings. The quantitative estimate of drug-likeness (QED) is 0.557. The van der Waals surface area contributed by atoms with Gasteiger partial charge in [-0.05, 0) is 36.5 Å². The van der Waals surface area contributed by atoms with Crippen molar-refractivity contribution in [3.8, 4) is 0 Å². The zero-order chi connectivity index (χ0) is 9.05. The normalized spacial score (nSPS) is 53.9. The molecule has 0 amide bonds. The fourth-order valence-electron chi connectivity index (χ4n) is 4.47. The van der Waals surface area contributed by atoms with Gasteiger partial charge in [-0.15, -0.1) is 0 Å². The van der Waals surface area contributed by atoms with E-state index in [2.05, 4.69) is 6.92 Å². The topological polar surface area (TPSA) is 17.1 Å². The van der Waals surface area contributed by atoms with Crippen LogP contribution < -0.4 is 0 Å². The van der Waals surface area contributed by atoms with Crippen LogP contribution in [0.15, 0.2) is 0 Å². The summed E-state index contributed by atoms with van der Waals surface area (Å²) in [5, 5.41) is 0. The number of carbonyl (C=O) groups excluding carboxylic acids is 1. The van der Waals surface area contributed by atoms with E-state index in [0.717, 1.165) is 18.3 Å². The predicted molar refractivity (Wildman–Crippen MR) is 51.3 cm³/mol. The second-order valence-corrected chi connectivity index (χ2v) is 5.50. The van der Waals surface area contributed by atoms with Crippen LogP contribution in [0.25, 0.3) is 0 Å². The number of ketones is 1. The summed E-state index contributed by atoms with van der Waals surface area (Å²) in [6, 6.07) is 0. The Kier molecular flexibility index (Phi) is 1.46. The van der Waals surface area contributed by atoms with Gasteiger partial charge in [-0.1, -0.05) is 19.8 Å². The van der Waals surface area contributed by atoms with Gasteiger partial charge in [-0.25, -0.2) is 0 Å². The van der Waals surface area contributed by atoms with Gasteiger partial charge in [0.1, 0.15) is 5.78 Å². The zero-order valence-electron chi connectivity index (χ0n) is 8.38. The first-order valence-corrected chi connectivity index (χ1v) is 5.76. The smallest absolute Gasteiger partial charge is 0.136 e. The number of hydrogen-bond donors (Lipinski definition) is 0. The molecule has 4 unspecified atom stereocenters. The molecular formula is C12H18O. The first-order chi connectivity index (χ1) is 6.23. The maximum absolute atomic E-state index is 11.7. The van der Waals surface area contributed by atoms with Crippen LogP contribution in [-0.4, -0.2) is 5.78 Å². The van der Waals surface area contributed by atoms with E-state index in [9.17, 15) is 4.79 Å². The molecule has 3 aliphatic rings. The highest BCUT2D eigenvalue weighted by atomic mass is 16.1. The maximum atomic E-state index is 11.7. The molecule has 1 heteroatoms. The van der Waals surface area contributed by atoms with Crippen molar-refractivity contribution in [2.75, 3.05) is 0 Å². The predicted octanol–water partition coefficient (Wildman–Crippen LogP) is 2.79. The highest BCUT2D eigenvalue weighted by molar-refractivity contribution is 5.86. The van der Waals surface area contributed by atoms with Crippen molar-refractivity contribution in [1.29, 1.82) is 0 Å². The third-order valence-electron chi connectivity index (χ3n) is 5.06. The van der Waals surface area contributed by atoms with Crippen molar-refractivity contribution in [3.05, 3.63) is 0 Å². The first-order valence-electron chi connectivity index (χ1n) is 5.76. The molecule has 3 rings (SSSR count). The maximum Gasteiger partial charge on any atom is 0.136 e. The molecule has 0 radical (unpaired) electrons. The molecule has 0 aromatic carbocycles. The van der Waals surface area contributed by atoms with Gasteiger partial charge < -0.3 is 0 Å². The van der Waals surface area contributed by atoms with E-state index in [1.165, 1.54) is 32.1 Å². The van der Waals surface area contributed by atoms with Crippen LogP contribution in [0.5, 0.6) is 0 Å². The summed E-state index contributed by atoms with van der Waals surface area (Å²) in [4.78, 5) is 11.7. The average Bonchev–Trinajstić information content (AvgIpc) is 2.38. The van der Waals surface area contributed by atoms with Crippen LogP contribution in [0, 0.1) is 23.2 Å². The summed E-state index contributed by atoms with van der Waals surface area (Å²) in [5.41, 5.74) is 0.447. The minimum Gasteiger partial charge on any atom is -0.299 e. The van der Waals surface area contributed by atoms with Gasteiger partial charge in [0, 0.05) is 12.3 Å². The van der Waals surface area contributed by atoms with E-state index in [-0.39, 0.29) is 0 Å². The molecule has 1 nitrogen and oxygen atoms in total. The number of rotatable bonds is 0. The molecule has 0 spiro atoms. The van der Waals surface area contributed by atoms with Crippen molar-refractivity contribution in [2.24, 2.45) is 23.2 Å². The highest BCUT2D eigenvalue weighted by Crippen LogP contribution is 2.66. The molecule has 4 atom stereocenters. The molecule has 0 N–H and O–H groups in total. The van der Waals surface area contributed by atoms with Crippen LogP contribution >= 0.6 is 0 Å². The lowest BCUT2D eigenvalue weighted by Crippen LogP contribution is -2.55. The van der Waals surface area contributed by atoms with Gasteiger partial charge >= 0.3 is 0 Å². The van der Waals surface area contributed by atoms with E-state index in [0.29, 0.717) is 17.1 Å². The lowest BCUT2D eigenvalue weighted by Gasteiger charge is -2.58. The van der Waals surface area contributed by atoms with Crippen LogP contribution in [0.3, 0.4) is 0 Å². The molecule has 0 aromatic rings. The Labute approximate surface area is 79.9 Å². The number of carbonyl (C=O) groups is 1. The van der Waals surface area contributed by atoms with Crippen molar-refractivity contribution in [2.45, 2.75) is 45.4 Å². The molecule has 0 bridgehead atoms. The molecule has 0 heterocycles. The summed E-state index contributed by atoms with van der Waals surface area (Å²) in [5.74, 6) is 2.79. The van der Waals surface area contributed by atoms with Crippen molar-refractivity contribution >= 4 is 5.78 Å². The fraction of sp³-hybridized carbons (Fsp3) is 0.917. The summed E-state index contributed by atoms with van der Waals surface area (Å²) in [6.45, 7) is 2.37. The third kappa shape index (κ3) is 0.812. The Morgan fingerprint density at radius 3 is 2.92 bits per heavy atom. The Morgan fingerprint density at radius 1 is 1.31 bits per heavy atom. The average molecular weight is 178 g/mol. The lowest BCUT2D eigenvalue weighted by molar-refractivity contribution is -0.148. The molecule has 13 heavy (non-hydrogen) atoms. The van der Waals surface area contributed by atoms with Gasteiger partial charge in [0.05, 0.1) is 0 Å². The van der Waals surface area contributed by atoms with Crippen LogP contribution in [0.4, 0.5) is 0 Å². The van der Waals surface area contributed by atoms with Crippen molar-refractivity contribution in [1.82, 2.24) is 0 Å². The molecule has 0 aliphatic heterocycles. The first kappa shape index (κ1) is 8.02. The SMILES string of the molecule is CC12CCC(=O)C1C1CCCCC12. The van der Waals surface area contributed by atoms with E-state index in [4.69, 9.17) is 0 Å². The number of fused-ring (bicyclic) bond motifs is 4. The van der Waals surface area contributed by atoms with Crippen molar-refractivity contribution in [3.63, 3.8) is 0 Å². The van der Waals surface area contributed by atoms with Gasteiger partial charge in [0.2, 0.25) is 0 Å². The largest absolute Gasteiger partial charge is 0.299 e. The number of hydrogen-bond acceptors (Lipinski definition) is 1. The van der Waals surface area contributed by atoms with E-state index in [1.54, 1.807) is 0 Å². The zero-order valence-corrected chi connectivity index (χ0v) is 8.38. The summed E-state index contributed by atoms with van der Waals surface area (Å²) in [7, 11) is 0. The Bertz CT molecular complexity index is 258. The lowest BCUT2D eigenvalue weighted by atomic mass is 9.45. The summed E-state index contributed by atoms with van der Waals surface area (Å²) < 4.78 is 0. The molecule has 0 aromatic heterocycles. The summed E-state index contributed by atoms with van der Waals surface area (Å²) >= 11 is 0. The second kappa shape index (κ2) is 2.37. The van der Waals surface area contributed by atoms with E-state index in [1.807, 2.05) is 0 Å². The molecule has 72 valence electrons. The molecule has 0 saturated heterocycles. The molecule has 3 saturated carbocycles. The minimum atomic E-state index is 0.447. The van der Waals surface area contributed by atoms with E-state index < -0.39 is 0 Å². The molecule has 3 aliphatic carbocycles. The van der Waals surface area contributed by atoms with Crippen LogP contribution in [0.1, 0.15) is 45.4 Å². The monoisotopic (exact) mass is 178 g/mol. The van der Waals surface area contributed by atoms with Gasteiger partial charge in [0.15, 0.2) is 0 Å². The van der Waals surface area contributed by atoms with Gasteiger partial charge in [0.25, 0.3) is 0 Å². The Hall–Kier alpha value is -0.330. The molecular weight excluding hydrogens is 160 g/mol. The number of Topliss-reactive ketones (excluding diaryl/α,β-unsaturated/α-hetero) is 1. The van der Waals surface area contributed by atoms with Crippen LogP contribution in [-0.2, 0) is 4.79 Å². The van der Waals surface area contributed by atoms with Gasteiger partial charge in [-0.2, -0.15) is 0 Å². The minimum absolute atomic E-state index is 0.447.